The van der Waals surface area contributed by atoms with Gasteiger partial charge in [0, 0.05) is 30.4 Å². The van der Waals surface area contributed by atoms with Crippen LogP contribution in [-0.2, 0) is 11.8 Å². The number of fused-ring (bicyclic) bond motifs is 1. The Morgan fingerprint density at radius 2 is 1.85 bits per heavy atom. The first-order chi connectivity index (χ1) is 12.4. The minimum atomic E-state index is 0.0558. The average Bonchev–Trinajstić information content (AvgIpc) is 3.02. The van der Waals surface area contributed by atoms with Crippen LogP contribution < -0.4 is 4.90 Å². The van der Waals surface area contributed by atoms with Gasteiger partial charge in [0.25, 0.3) is 0 Å². The molecule has 0 bridgehead atoms. The van der Waals surface area contributed by atoms with E-state index in [-0.39, 0.29) is 11.2 Å². The highest BCUT2D eigenvalue weighted by Gasteiger charge is 2.21. The van der Waals surface area contributed by atoms with Gasteiger partial charge in [-0.15, -0.1) is 0 Å². The second-order valence-corrected chi connectivity index (χ2v) is 8.12. The van der Waals surface area contributed by atoms with Crippen molar-refractivity contribution in [2.45, 2.75) is 39.0 Å². The Kier molecular flexibility index (Phi) is 4.03. The third-order valence-corrected chi connectivity index (χ3v) is 5.18. The van der Waals surface area contributed by atoms with Crippen LogP contribution in [0.2, 0.25) is 0 Å². The first kappa shape index (κ1) is 16.8. The van der Waals surface area contributed by atoms with Crippen molar-refractivity contribution in [2.75, 3.05) is 11.4 Å². The number of carbonyl (C=O) groups is 1. The zero-order chi connectivity index (χ0) is 18.3. The van der Waals surface area contributed by atoms with E-state index in [1.54, 1.807) is 0 Å². The van der Waals surface area contributed by atoms with Gasteiger partial charge in [0.2, 0.25) is 0 Å². The van der Waals surface area contributed by atoms with Crippen LogP contribution >= 0.6 is 0 Å². The van der Waals surface area contributed by atoms with Crippen molar-refractivity contribution in [2.24, 2.45) is 4.99 Å². The molecule has 0 radical (unpaired) electrons. The Morgan fingerprint density at radius 1 is 1.00 bits per heavy atom. The first-order valence-corrected chi connectivity index (χ1v) is 9.19. The van der Waals surface area contributed by atoms with Crippen LogP contribution in [0.5, 0.6) is 0 Å². The fraction of sp³-hybridized carbons (Fsp3) is 0.304. The lowest BCUT2D eigenvalue weighted by Crippen LogP contribution is -2.23. The second kappa shape index (κ2) is 6.24. The van der Waals surface area contributed by atoms with E-state index in [0.29, 0.717) is 6.42 Å². The molecule has 4 rings (SSSR count). The van der Waals surface area contributed by atoms with Crippen LogP contribution in [-0.4, -0.2) is 18.7 Å². The van der Waals surface area contributed by atoms with Crippen LogP contribution in [0.25, 0.3) is 11.1 Å². The summed E-state index contributed by atoms with van der Waals surface area (Å²) in [5, 5.41) is 0. The van der Waals surface area contributed by atoms with Gasteiger partial charge in [-0.2, -0.15) is 0 Å². The third-order valence-electron chi connectivity index (χ3n) is 5.18. The molecule has 0 saturated heterocycles. The van der Waals surface area contributed by atoms with Gasteiger partial charge in [0.1, 0.15) is 0 Å². The normalized spacial score (nSPS) is 16.3. The molecule has 2 aromatic carbocycles. The third kappa shape index (κ3) is 3.10. The summed E-state index contributed by atoms with van der Waals surface area (Å²) in [7, 11) is 0. The number of ketones is 1. The molecule has 26 heavy (non-hydrogen) atoms. The molecule has 1 aliphatic carbocycles. The predicted octanol–water partition coefficient (Wildman–Crippen LogP) is 5.14. The fourth-order valence-electron chi connectivity index (χ4n) is 3.57. The van der Waals surface area contributed by atoms with Gasteiger partial charge in [-0.05, 0) is 52.3 Å². The molecule has 0 fully saturated rings. The summed E-state index contributed by atoms with van der Waals surface area (Å²) >= 11 is 0. The van der Waals surface area contributed by atoms with Crippen molar-refractivity contribution in [3.8, 4) is 11.1 Å². The number of carbonyl (C=O) groups excluding carboxylic acids is 1. The molecular weight excluding hydrogens is 320 g/mol. The largest absolute Gasteiger partial charge is 0.328 e. The van der Waals surface area contributed by atoms with Gasteiger partial charge in [-0.3, -0.25) is 4.79 Å². The average molecular weight is 344 g/mol. The topological polar surface area (TPSA) is 32.7 Å². The van der Waals surface area contributed by atoms with Gasteiger partial charge in [0.05, 0.1) is 6.34 Å². The molecule has 132 valence electrons. The number of aryl methyl sites for hydroxylation is 1. The minimum Gasteiger partial charge on any atom is -0.328 e. The molecule has 0 saturated carbocycles. The molecule has 0 N–H and O–H groups in total. The number of aliphatic imine (C=N–C) groups is 1. The highest BCUT2D eigenvalue weighted by molar-refractivity contribution is 6.01. The summed E-state index contributed by atoms with van der Waals surface area (Å²) in [4.78, 5) is 18.4. The molecule has 2 aromatic rings. The zero-order valence-corrected chi connectivity index (χ0v) is 15.6. The molecule has 0 atom stereocenters. The summed E-state index contributed by atoms with van der Waals surface area (Å²) < 4.78 is 0. The maximum Gasteiger partial charge on any atom is 0.163 e. The molecule has 0 aromatic heterocycles. The summed E-state index contributed by atoms with van der Waals surface area (Å²) in [5.41, 5.74) is 6.95. The van der Waals surface area contributed by atoms with E-state index >= 15 is 0 Å². The molecule has 0 spiro atoms. The second-order valence-electron chi connectivity index (χ2n) is 8.12. The van der Waals surface area contributed by atoms with E-state index in [9.17, 15) is 4.79 Å². The number of hydrogen-bond donors (Lipinski definition) is 0. The van der Waals surface area contributed by atoms with E-state index in [1.807, 2.05) is 18.6 Å². The monoisotopic (exact) mass is 344 g/mol. The number of nitrogens with zero attached hydrogens (tertiary/aromatic N) is 2. The van der Waals surface area contributed by atoms with Crippen LogP contribution in [0.15, 0.2) is 53.7 Å². The molecule has 3 nitrogen and oxygen atoms in total. The summed E-state index contributed by atoms with van der Waals surface area (Å²) in [6.45, 7) is 7.54. The van der Waals surface area contributed by atoms with Crippen molar-refractivity contribution >= 4 is 17.8 Å². The quantitative estimate of drug-likeness (QED) is 0.755. The Labute approximate surface area is 155 Å². The lowest BCUT2D eigenvalue weighted by atomic mass is 9.84. The Morgan fingerprint density at radius 3 is 2.58 bits per heavy atom. The van der Waals surface area contributed by atoms with E-state index in [2.05, 4.69) is 67.1 Å². The van der Waals surface area contributed by atoms with Gasteiger partial charge in [-0.25, -0.2) is 4.99 Å². The van der Waals surface area contributed by atoms with Gasteiger partial charge >= 0.3 is 0 Å². The number of anilines is 1. The lowest BCUT2D eigenvalue weighted by molar-refractivity contribution is 0.0994. The van der Waals surface area contributed by atoms with E-state index < -0.39 is 0 Å². The number of rotatable bonds is 2. The maximum atomic E-state index is 11.9. The van der Waals surface area contributed by atoms with Crippen LogP contribution in [0.1, 0.15) is 48.7 Å². The molecule has 2 aliphatic rings. The Bertz CT molecular complexity index is 932. The molecule has 1 heterocycles. The van der Waals surface area contributed by atoms with Crippen LogP contribution in [0, 0.1) is 0 Å². The van der Waals surface area contributed by atoms with Crippen molar-refractivity contribution in [1.29, 1.82) is 0 Å². The van der Waals surface area contributed by atoms with E-state index in [4.69, 9.17) is 0 Å². The minimum absolute atomic E-state index is 0.0558. The van der Waals surface area contributed by atoms with Gasteiger partial charge in [0.15, 0.2) is 5.78 Å². The SMILES string of the molecule is CC(C)(C)c1cc(-c2ccc3c(c2)CCC3=O)cc(N2C=NC=CC2)c1. The lowest BCUT2D eigenvalue weighted by Gasteiger charge is -2.26. The molecule has 0 unspecified atom stereocenters. The van der Waals surface area contributed by atoms with E-state index in [1.165, 1.54) is 22.3 Å². The highest BCUT2D eigenvalue weighted by Crippen LogP contribution is 2.34. The van der Waals surface area contributed by atoms with Crippen molar-refractivity contribution < 1.29 is 4.79 Å². The smallest absolute Gasteiger partial charge is 0.163 e. The standard InChI is InChI=1S/C23H24N2O/c1-23(2,3)19-12-18(13-20(14-19)25-10-4-9-24-15-25)16-5-7-21-17(11-16)6-8-22(21)26/h4-5,7,9,11-15H,6,8,10H2,1-3H3. The van der Waals surface area contributed by atoms with Crippen molar-refractivity contribution in [3.05, 3.63) is 65.4 Å². The first-order valence-electron chi connectivity index (χ1n) is 9.19. The maximum absolute atomic E-state index is 11.9. The number of benzene rings is 2. The zero-order valence-electron chi connectivity index (χ0n) is 15.6. The molecule has 0 amide bonds. The van der Waals surface area contributed by atoms with Crippen LogP contribution in [0.4, 0.5) is 5.69 Å². The summed E-state index contributed by atoms with van der Waals surface area (Å²) in [6.07, 6.45) is 7.28. The molecular formula is C23H24N2O. The van der Waals surface area contributed by atoms with Crippen molar-refractivity contribution in [3.63, 3.8) is 0 Å². The Balaban J connectivity index is 1.81. The van der Waals surface area contributed by atoms with Crippen molar-refractivity contribution in [1.82, 2.24) is 0 Å². The van der Waals surface area contributed by atoms with Gasteiger partial charge < -0.3 is 4.90 Å². The summed E-state index contributed by atoms with van der Waals surface area (Å²) in [6, 6.07) is 13.0. The summed E-state index contributed by atoms with van der Waals surface area (Å²) in [5.74, 6) is 0.270. The number of Topliss-reactive ketones (excluding diaryl/α,β-unsaturated/α-hetero) is 1. The molecule has 3 heteroatoms. The predicted molar refractivity (Wildman–Crippen MR) is 108 cm³/mol. The van der Waals surface area contributed by atoms with Crippen LogP contribution in [0.3, 0.4) is 0 Å². The fourth-order valence-corrected chi connectivity index (χ4v) is 3.57. The van der Waals surface area contributed by atoms with Gasteiger partial charge in [-0.1, -0.05) is 45.0 Å². The van der Waals surface area contributed by atoms with E-state index in [0.717, 1.165) is 24.2 Å². The number of hydrogen-bond acceptors (Lipinski definition) is 3. The highest BCUT2D eigenvalue weighted by atomic mass is 16.1. The Hall–Kier alpha value is -2.68. The molecule has 1 aliphatic heterocycles.